The van der Waals surface area contributed by atoms with E-state index in [1.165, 1.54) is 12.8 Å². The Morgan fingerprint density at radius 3 is 1.51 bits per heavy atom. The van der Waals surface area contributed by atoms with E-state index in [1.54, 1.807) is 0 Å². The smallest absolute Gasteiger partial charge is 0.306 e. The Hall–Kier alpha value is -3.79. The summed E-state index contributed by atoms with van der Waals surface area (Å²) >= 11 is 0. The van der Waals surface area contributed by atoms with E-state index in [1.807, 2.05) is 27.2 Å². The van der Waals surface area contributed by atoms with Gasteiger partial charge in [-0.25, -0.2) is 0 Å². The van der Waals surface area contributed by atoms with E-state index in [0.717, 1.165) is 83.5 Å². The van der Waals surface area contributed by atoms with Crippen molar-refractivity contribution in [2.75, 3.05) is 47.5 Å². The zero-order valence-electron chi connectivity index (χ0n) is 37.6. The number of carboxylic acids is 1. The molecule has 0 fully saturated rings. The minimum absolute atomic E-state index is 0.130. The predicted octanol–water partition coefficient (Wildman–Crippen LogP) is 10.5. The SMILES string of the molecule is CC/C=C\C/C=C\C/C=C\C/C=C\C/C=C\C/C=C\C/C=C\CCCC(=O)OC(COC(=O)CCCCCCC/C=C\CCCC)COC(OCC[N+](C)(C)C)C(=O)[O-]. The van der Waals surface area contributed by atoms with Crippen molar-refractivity contribution in [3.63, 3.8) is 0 Å². The van der Waals surface area contributed by atoms with Gasteiger partial charge in [0.1, 0.15) is 13.2 Å². The van der Waals surface area contributed by atoms with E-state index in [-0.39, 0.29) is 32.7 Å². The second-order valence-corrected chi connectivity index (χ2v) is 15.6. The maximum Gasteiger partial charge on any atom is 0.306 e. The van der Waals surface area contributed by atoms with Gasteiger partial charge in [0.2, 0.25) is 0 Å². The molecule has 0 heterocycles. The van der Waals surface area contributed by atoms with E-state index < -0.39 is 30.3 Å². The number of carbonyl (C=O) groups is 3. The van der Waals surface area contributed by atoms with Crippen LogP contribution in [0.1, 0.15) is 142 Å². The van der Waals surface area contributed by atoms with E-state index in [4.69, 9.17) is 18.9 Å². The Morgan fingerprint density at radius 1 is 0.525 bits per heavy atom. The summed E-state index contributed by atoms with van der Waals surface area (Å²) in [5.74, 6) is -2.40. The van der Waals surface area contributed by atoms with Crippen LogP contribution in [0.15, 0.2) is 97.2 Å². The molecule has 334 valence electrons. The fourth-order valence-corrected chi connectivity index (χ4v) is 5.33. The number of esters is 2. The molecule has 0 aliphatic rings. The summed E-state index contributed by atoms with van der Waals surface area (Å²) in [5, 5.41) is 11.7. The lowest BCUT2D eigenvalue weighted by Crippen LogP contribution is -2.44. The molecule has 0 bridgehead atoms. The number of allylic oxidation sites excluding steroid dienone is 16. The lowest BCUT2D eigenvalue weighted by molar-refractivity contribution is -0.870. The largest absolute Gasteiger partial charge is 0.545 e. The monoisotopic (exact) mass is 824 g/mol. The van der Waals surface area contributed by atoms with E-state index in [0.29, 0.717) is 30.3 Å². The van der Waals surface area contributed by atoms with Gasteiger partial charge in [-0.2, -0.15) is 0 Å². The third-order valence-electron chi connectivity index (χ3n) is 8.82. The molecule has 0 amide bonds. The minimum atomic E-state index is -1.64. The summed E-state index contributed by atoms with van der Waals surface area (Å²) in [6, 6.07) is 0. The number of hydrogen-bond acceptors (Lipinski definition) is 8. The van der Waals surface area contributed by atoms with Gasteiger partial charge in [-0.15, -0.1) is 0 Å². The third kappa shape index (κ3) is 42.1. The number of nitrogens with zero attached hydrogens (tertiary/aromatic N) is 1. The topological polar surface area (TPSA) is 111 Å². The van der Waals surface area contributed by atoms with Gasteiger partial charge in [0.15, 0.2) is 12.4 Å². The lowest BCUT2D eigenvalue weighted by Gasteiger charge is -2.26. The average molecular weight is 824 g/mol. The molecule has 2 unspecified atom stereocenters. The Bertz CT molecular complexity index is 1280. The fraction of sp³-hybridized carbons (Fsp3) is 0.620. The van der Waals surface area contributed by atoms with Crippen LogP contribution in [0.2, 0.25) is 0 Å². The average Bonchev–Trinajstić information content (AvgIpc) is 3.19. The zero-order chi connectivity index (χ0) is 43.5. The van der Waals surface area contributed by atoms with Crippen molar-refractivity contribution in [1.82, 2.24) is 0 Å². The Balaban J connectivity index is 4.55. The molecule has 0 radical (unpaired) electrons. The molecule has 0 aromatic carbocycles. The molecule has 0 aliphatic carbocycles. The maximum absolute atomic E-state index is 12.7. The van der Waals surface area contributed by atoms with Crippen molar-refractivity contribution in [2.45, 2.75) is 155 Å². The third-order valence-corrected chi connectivity index (χ3v) is 8.82. The molecule has 0 aromatic rings. The first-order chi connectivity index (χ1) is 28.6. The Labute approximate surface area is 359 Å². The number of aliphatic carboxylic acids is 1. The van der Waals surface area contributed by atoms with Gasteiger partial charge in [0.25, 0.3) is 0 Å². The molecule has 0 aromatic heterocycles. The van der Waals surface area contributed by atoms with Gasteiger partial charge in [0, 0.05) is 12.8 Å². The highest BCUT2D eigenvalue weighted by Gasteiger charge is 2.21. The summed E-state index contributed by atoms with van der Waals surface area (Å²) in [7, 11) is 5.87. The summed E-state index contributed by atoms with van der Waals surface area (Å²) in [6.07, 6.45) is 50.2. The highest BCUT2D eigenvalue weighted by Crippen LogP contribution is 2.11. The van der Waals surface area contributed by atoms with Gasteiger partial charge < -0.3 is 33.3 Å². The first kappa shape index (κ1) is 55.2. The van der Waals surface area contributed by atoms with Crippen LogP contribution in [0.5, 0.6) is 0 Å². The number of ether oxygens (including phenoxy) is 4. The number of quaternary nitrogens is 1. The summed E-state index contributed by atoms with van der Waals surface area (Å²) in [6.45, 7) is 4.47. The maximum atomic E-state index is 12.7. The standard InChI is InChI=1S/C50H81NO8/c1-6-8-10-12-14-16-18-19-20-21-22-23-24-25-26-27-28-29-31-33-35-37-39-41-48(53)59-46(45-58-50(49(54)55)56-43-42-51(3,4)5)44-57-47(52)40-38-36-34-32-30-17-15-13-11-9-7-2/h8,10,13-16,19-20,22-23,25-26,28-29,33,35,46,50H,6-7,9,11-12,17-18,21,24,27,30-32,34,36-45H2,1-5H3/b10-8-,15-13-,16-14-,20-19-,23-22-,26-25-,29-28-,35-33-. The molecule has 9 nitrogen and oxygen atoms in total. The molecule has 0 N–H and O–H groups in total. The molecule has 0 rings (SSSR count). The van der Waals surface area contributed by atoms with Gasteiger partial charge in [-0.3, -0.25) is 9.59 Å². The van der Waals surface area contributed by atoms with Crippen molar-refractivity contribution in [3.05, 3.63) is 97.2 Å². The molecule has 0 aliphatic heterocycles. The second kappa shape index (κ2) is 41.0. The quantitative estimate of drug-likeness (QED) is 0.0198. The van der Waals surface area contributed by atoms with Gasteiger partial charge in [0.05, 0.1) is 40.3 Å². The molecule has 0 saturated heterocycles. The Morgan fingerprint density at radius 2 is 0.983 bits per heavy atom. The van der Waals surface area contributed by atoms with Crippen molar-refractivity contribution >= 4 is 17.9 Å². The van der Waals surface area contributed by atoms with Crippen LogP contribution in [-0.4, -0.2) is 82.3 Å². The minimum Gasteiger partial charge on any atom is -0.545 e. The van der Waals surface area contributed by atoms with E-state index in [9.17, 15) is 19.5 Å². The van der Waals surface area contributed by atoms with Crippen molar-refractivity contribution in [3.8, 4) is 0 Å². The van der Waals surface area contributed by atoms with Crippen LogP contribution < -0.4 is 5.11 Å². The number of likely N-dealkylation sites (N-methyl/N-ethyl adjacent to an activating group) is 1. The fourth-order valence-electron chi connectivity index (χ4n) is 5.33. The Kier molecular flexibility index (Phi) is 38.3. The summed E-state index contributed by atoms with van der Waals surface area (Å²) in [5.41, 5.74) is 0. The van der Waals surface area contributed by atoms with Crippen molar-refractivity contribution in [1.29, 1.82) is 0 Å². The summed E-state index contributed by atoms with van der Waals surface area (Å²) in [4.78, 5) is 36.9. The van der Waals surface area contributed by atoms with Crippen LogP contribution in [-0.2, 0) is 33.3 Å². The molecule has 0 spiro atoms. The predicted molar refractivity (Wildman–Crippen MR) is 241 cm³/mol. The molecule has 59 heavy (non-hydrogen) atoms. The first-order valence-electron chi connectivity index (χ1n) is 22.4. The van der Waals surface area contributed by atoms with Crippen LogP contribution >= 0.6 is 0 Å². The first-order valence-corrected chi connectivity index (χ1v) is 22.4. The van der Waals surface area contributed by atoms with Gasteiger partial charge in [-0.05, 0) is 83.5 Å². The van der Waals surface area contributed by atoms with Crippen LogP contribution in [0.4, 0.5) is 0 Å². The lowest BCUT2D eigenvalue weighted by atomic mass is 10.1. The molecular formula is C50H81NO8. The molecule has 2 atom stereocenters. The normalized spacial score (nSPS) is 13.8. The van der Waals surface area contributed by atoms with Gasteiger partial charge in [-0.1, -0.05) is 143 Å². The molecule has 9 heteroatoms. The molecule has 0 saturated carbocycles. The van der Waals surface area contributed by atoms with Crippen LogP contribution in [0.3, 0.4) is 0 Å². The number of unbranched alkanes of at least 4 members (excludes halogenated alkanes) is 8. The number of carboxylic acid groups (broad SMARTS) is 1. The highest BCUT2D eigenvalue weighted by molar-refractivity contribution is 5.70. The van der Waals surface area contributed by atoms with Crippen molar-refractivity contribution < 1.29 is 42.9 Å². The number of rotatable bonds is 39. The second-order valence-electron chi connectivity index (χ2n) is 15.6. The summed E-state index contributed by atoms with van der Waals surface area (Å²) < 4.78 is 22.4. The van der Waals surface area contributed by atoms with Crippen LogP contribution in [0.25, 0.3) is 0 Å². The highest BCUT2D eigenvalue weighted by atomic mass is 16.7. The van der Waals surface area contributed by atoms with Crippen molar-refractivity contribution in [2.24, 2.45) is 0 Å². The molecular weight excluding hydrogens is 743 g/mol. The van der Waals surface area contributed by atoms with Crippen LogP contribution in [0, 0.1) is 0 Å². The number of carbonyl (C=O) groups excluding carboxylic acids is 3. The van der Waals surface area contributed by atoms with Gasteiger partial charge >= 0.3 is 11.9 Å². The number of hydrogen-bond donors (Lipinski definition) is 0. The van der Waals surface area contributed by atoms with E-state index >= 15 is 0 Å². The van der Waals surface area contributed by atoms with E-state index in [2.05, 4.69) is 105 Å². The zero-order valence-corrected chi connectivity index (χ0v) is 37.6.